The van der Waals surface area contributed by atoms with E-state index in [0.717, 1.165) is 37.4 Å². The lowest BCUT2D eigenvalue weighted by molar-refractivity contribution is 0.116. The minimum absolute atomic E-state index is 0.211. The predicted molar refractivity (Wildman–Crippen MR) is 86.7 cm³/mol. The van der Waals surface area contributed by atoms with Gasteiger partial charge < -0.3 is 19.7 Å². The van der Waals surface area contributed by atoms with E-state index < -0.39 is 0 Å². The number of likely N-dealkylation sites (N-methyl/N-ethyl adjacent to an activating group) is 1. The van der Waals surface area contributed by atoms with Gasteiger partial charge in [0.05, 0.1) is 24.8 Å². The molecule has 0 aliphatic carbocycles. The normalized spacial score (nSPS) is 17.7. The molecule has 1 unspecified atom stereocenters. The maximum atomic E-state index is 6.18. The summed E-state index contributed by atoms with van der Waals surface area (Å²) < 4.78 is 11.2. The van der Waals surface area contributed by atoms with Crippen molar-refractivity contribution in [1.82, 2.24) is 10.2 Å². The summed E-state index contributed by atoms with van der Waals surface area (Å²) in [6, 6.07) is 3.85. The molecular weight excluding hydrogens is 311 g/mol. The highest BCUT2D eigenvalue weighted by atomic mass is 35.5. The lowest BCUT2D eigenvalue weighted by atomic mass is 10.0. The van der Waals surface area contributed by atoms with Crippen LogP contribution in [0.25, 0.3) is 0 Å². The van der Waals surface area contributed by atoms with E-state index >= 15 is 0 Å². The van der Waals surface area contributed by atoms with E-state index in [9.17, 15) is 0 Å². The zero-order valence-electron chi connectivity index (χ0n) is 12.5. The van der Waals surface area contributed by atoms with Crippen LogP contribution in [0.3, 0.4) is 0 Å². The molecular formula is C15H22Cl2N2O2. The fourth-order valence-electron chi connectivity index (χ4n) is 2.29. The van der Waals surface area contributed by atoms with Crippen LogP contribution in [-0.2, 0) is 4.74 Å². The molecule has 0 spiro atoms. The minimum Gasteiger partial charge on any atom is -0.492 e. The van der Waals surface area contributed by atoms with Crippen LogP contribution >= 0.6 is 23.2 Å². The molecule has 0 saturated heterocycles. The summed E-state index contributed by atoms with van der Waals surface area (Å²) in [4.78, 5) is 2.10. The van der Waals surface area contributed by atoms with Crippen molar-refractivity contribution in [2.45, 2.75) is 12.5 Å². The number of nitrogens with one attached hydrogen (secondary N) is 1. The number of ether oxygens (including phenoxy) is 2. The summed E-state index contributed by atoms with van der Waals surface area (Å²) in [6.07, 6.45) is 0.904. The molecule has 21 heavy (non-hydrogen) atoms. The summed E-state index contributed by atoms with van der Waals surface area (Å²) in [5, 5.41) is 4.70. The summed E-state index contributed by atoms with van der Waals surface area (Å²) in [7, 11) is 4.07. The van der Waals surface area contributed by atoms with Crippen molar-refractivity contribution in [1.29, 1.82) is 0 Å². The molecule has 1 N–H and O–H groups in total. The second-order valence-electron chi connectivity index (χ2n) is 5.37. The Morgan fingerprint density at radius 3 is 2.90 bits per heavy atom. The van der Waals surface area contributed by atoms with E-state index in [-0.39, 0.29) is 6.04 Å². The zero-order chi connectivity index (χ0) is 15.2. The number of fused-ring (bicyclic) bond motifs is 1. The zero-order valence-corrected chi connectivity index (χ0v) is 14.0. The maximum Gasteiger partial charge on any atom is 0.142 e. The van der Waals surface area contributed by atoms with Gasteiger partial charge in [-0.3, -0.25) is 0 Å². The minimum atomic E-state index is 0.211. The molecule has 4 nitrogen and oxygen atoms in total. The van der Waals surface area contributed by atoms with E-state index in [4.69, 9.17) is 32.7 Å². The highest BCUT2D eigenvalue weighted by molar-refractivity contribution is 6.35. The first-order chi connectivity index (χ1) is 10.1. The molecule has 0 bridgehead atoms. The number of benzene rings is 1. The smallest absolute Gasteiger partial charge is 0.142 e. The van der Waals surface area contributed by atoms with Crippen LogP contribution in [0.1, 0.15) is 18.0 Å². The lowest BCUT2D eigenvalue weighted by Crippen LogP contribution is -2.30. The standard InChI is InChI=1S/C15H22Cl2N2O2/c1-19(2)5-8-20-7-4-18-14-3-6-21-15-12(14)9-11(16)10-13(15)17/h9-10,14,18H,3-8H2,1-2H3. The Morgan fingerprint density at radius 1 is 1.33 bits per heavy atom. The number of nitrogens with zero attached hydrogens (tertiary/aromatic N) is 1. The van der Waals surface area contributed by atoms with Crippen molar-refractivity contribution < 1.29 is 9.47 Å². The van der Waals surface area contributed by atoms with Crippen molar-refractivity contribution in [3.63, 3.8) is 0 Å². The lowest BCUT2D eigenvalue weighted by Gasteiger charge is -2.27. The molecule has 0 aromatic heterocycles. The molecule has 1 aliphatic rings. The van der Waals surface area contributed by atoms with Crippen LogP contribution in [0.15, 0.2) is 12.1 Å². The first-order valence-corrected chi connectivity index (χ1v) is 7.91. The highest BCUT2D eigenvalue weighted by Gasteiger charge is 2.23. The quantitative estimate of drug-likeness (QED) is 0.778. The van der Waals surface area contributed by atoms with E-state index in [1.165, 1.54) is 0 Å². The van der Waals surface area contributed by atoms with Crippen LogP contribution in [-0.4, -0.2) is 51.9 Å². The summed E-state index contributed by atoms with van der Waals surface area (Å²) >= 11 is 12.3. The van der Waals surface area contributed by atoms with E-state index in [0.29, 0.717) is 23.3 Å². The third-order valence-corrected chi connectivity index (χ3v) is 3.88. The van der Waals surface area contributed by atoms with Gasteiger partial charge in [0.15, 0.2) is 0 Å². The molecule has 1 heterocycles. The molecule has 0 saturated carbocycles. The van der Waals surface area contributed by atoms with E-state index in [1.807, 2.05) is 20.2 Å². The van der Waals surface area contributed by atoms with Gasteiger partial charge in [-0.25, -0.2) is 0 Å². The second kappa shape index (κ2) is 8.20. The van der Waals surface area contributed by atoms with Gasteiger partial charge in [0.2, 0.25) is 0 Å². The van der Waals surface area contributed by atoms with Gasteiger partial charge in [-0.15, -0.1) is 0 Å². The fraction of sp³-hybridized carbons (Fsp3) is 0.600. The summed E-state index contributed by atoms with van der Waals surface area (Å²) in [5.74, 6) is 0.748. The van der Waals surface area contributed by atoms with Crippen molar-refractivity contribution in [3.8, 4) is 5.75 Å². The Kier molecular flexibility index (Phi) is 6.58. The van der Waals surface area contributed by atoms with Gasteiger partial charge in [-0.2, -0.15) is 0 Å². The average molecular weight is 333 g/mol. The molecule has 1 aromatic rings. The largest absolute Gasteiger partial charge is 0.492 e. The van der Waals surface area contributed by atoms with Gasteiger partial charge >= 0.3 is 0 Å². The van der Waals surface area contributed by atoms with Crippen LogP contribution in [0.5, 0.6) is 5.75 Å². The monoisotopic (exact) mass is 332 g/mol. The molecule has 0 fully saturated rings. The van der Waals surface area contributed by atoms with Crippen molar-refractivity contribution >= 4 is 23.2 Å². The Balaban J connectivity index is 1.83. The Labute approximate surface area is 136 Å². The highest BCUT2D eigenvalue weighted by Crippen LogP contribution is 2.39. The van der Waals surface area contributed by atoms with Crippen LogP contribution in [0.2, 0.25) is 10.0 Å². The molecule has 0 radical (unpaired) electrons. The molecule has 1 aromatic carbocycles. The Bertz CT molecular complexity index is 469. The third kappa shape index (κ3) is 5.01. The van der Waals surface area contributed by atoms with E-state index in [1.54, 1.807) is 6.07 Å². The molecule has 2 rings (SSSR count). The van der Waals surface area contributed by atoms with Crippen molar-refractivity contribution in [3.05, 3.63) is 27.7 Å². The van der Waals surface area contributed by atoms with Crippen molar-refractivity contribution in [2.24, 2.45) is 0 Å². The van der Waals surface area contributed by atoms with Gasteiger partial charge in [-0.05, 0) is 26.2 Å². The van der Waals surface area contributed by atoms with Crippen LogP contribution in [0.4, 0.5) is 0 Å². The Hall–Kier alpha value is -0.520. The second-order valence-corrected chi connectivity index (χ2v) is 6.21. The SMILES string of the molecule is CN(C)CCOCCNC1CCOc2c(Cl)cc(Cl)cc21. The van der Waals surface area contributed by atoms with Gasteiger partial charge in [0.1, 0.15) is 5.75 Å². The van der Waals surface area contributed by atoms with Gasteiger partial charge in [0.25, 0.3) is 0 Å². The molecule has 1 atom stereocenters. The molecule has 118 valence electrons. The topological polar surface area (TPSA) is 33.7 Å². The van der Waals surface area contributed by atoms with Gasteiger partial charge in [0, 0.05) is 36.1 Å². The first-order valence-electron chi connectivity index (χ1n) is 7.15. The fourth-order valence-corrected chi connectivity index (χ4v) is 2.86. The summed E-state index contributed by atoms with van der Waals surface area (Å²) in [6.45, 7) is 3.83. The predicted octanol–water partition coefficient (Wildman–Crippen LogP) is 2.98. The maximum absolute atomic E-state index is 6.18. The average Bonchev–Trinajstić information content (AvgIpc) is 2.42. The molecule has 0 amide bonds. The number of halogens is 2. The number of rotatable bonds is 7. The number of hydrogen-bond acceptors (Lipinski definition) is 4. The van der Waals surface area contributed by atoms with Crippen LogP contribution in [0, 0.1) is 0 Å². The van der Waals surface area contributed by atoms with Crippen molar-refractivity contribution in [2.75, 3.05) is 47.0 Å². The van der Waals surface area contributed by atoms with E-state index in [2.05, 4.69) is 10.2 Å². The Morgan fingerprint density at radius 2 is 2.14 bits per heavy atom. The molecule has 1 aliphatic heterocycles. The van der Waals surface area contributed by atoms with Crippen LogP contribution < -0.4 is 10.1 Å². The summed E-state index contributed by atoms with van der Waals surface area (Å²) in [5.41, 5.74) is 1.03. The third-order valence-electron chi connectivity index (χ3n) is 3.39. The molecule has 6 heteroatoms. The first kappa shape index (κ1) is 16.8. The van der Waals surface area contributed by atoms with Gasteiger partial charge in [-0.1, -0.05) is 23.2 Å². The number of hydrogen-bond donors (Lipinski definition) is 1.